The monoisotopic (exact) mass is 1040 g/mol. The van der Waals surface area contributed by atoms with Crippen molar-refractivity contribution in [2.24, 2.45) is 30.0 Å². The van der Waals surface area contributed by atoms with Crippen LogP contribution in [-0.4, -0.2) is 42.1 Å². The van der Waals surface area contributed by atoms with Crippen molar-refractivity contribution in [3.05, 3.63) is 293 Å². The van der Waals surface area contributed by atoms with Gasteiger partial charge in [0.2, 0.25) is 0 Å². The number of hydrogen-bond donors (Lipinski definition) is 0. The number of nitrogens with zero attached hydrogens (tertiary/aromatic N) is 12. The summed E-state index contributed by atoms with van der Waals surface area (Å²) in [7, 11) is 0. The molecule has 0 radical (unpaired) electrons. The molecule has 0 amide bonds. The zero-order valence-electron chi connectivity index (χ0n) is 40.4. The number of pyridine rings is 2. The van der Waals surface area contributed by atoms with Gasteiger partial charge in [0.05, 0.1) is 34.8 Å². The quantitative estimate of drug-likeness (QED) is 0.152. The van der Waals surface area contributed by atoms with Gasteiger partial charge < -0.3 is 20.3 Å². The maximum absolute atomic E-state index is 5.48. The summed E-state index contributed by atoms with van der Waals surface area (Å²) in [6, 6.07) is 72.7. The van der Waals surface area contributed by atoms with Gasteiger partial charge in [0.25, 0.3) is 0 Å². The molecule has 4 aliphatic heterocycles. The van der Waals surface area contributed by atoms with E-state index in [9.17, 15) is 0 Å². The first-order chi connectivity index (χ1) is 37.2. The average molecular weight is 1040 g/mol. The molecule has 0 saturated heterocycles. The van der Waals surface area contributed by atoms with Crippen LogP contribution in [-0.2, 0) is 17.1 Å². The summed E-state index contributed by atoms with van der Waals surface area (Å²) < 4.78 is 9.49. The van der Waals surface area contributed by atoms with E-state index in [2.05, 4.69) is 82.8 Å². The standard InChI is InChI=1S/C52H32N10S.2C5H5N.Fe/c1-7-19-31(20-8-1)37-38(32-21-9-2-10-22-32)46-53-45(37)54-47-39(33-23-11-3-12-24-33)41(35-27-15-5-16-28-35)49(56-47)58-51-43-44(62-63-61-43)52(60-51)59-50-42(36-29-17-6-18-30-36)40(48(55-46)57-50)34-25-13-4-14-26-34;2*1-2-4-6-5-3-1;/h1-30,51-52H;2*1-5H;/q-2;;;+2. The van der Waals surface area contributed by atoms with E-state index >= 15 is 0 Å². The second-order valence-corrected chi connectivity index (χ2v) is 17.7. The Balaban J connectivity index is 0.000000420. The molecule has 4 aromatic heterocycles. The van der Waals surface area contributed by atoms with Gasteiger partial charge in [-0.2, -0.15) is 8.75 Å². The van der Waals surface area contributed by atoms with Crippen molar-refractivity contribution in [1.82, 2.24) is 23.7 Å². The molecule has 0 N–H and O–H groups in total. The molecule has 364 valence electrons. The predicted molar refractivity (Wildman–Crippen MR) is 299 cm³/mol. The molecule has 6 aromatic carbocycles. The number of hydrogen-bond acceptors (Lipinski definition) is 11. The van der Waals surface area contributed by atoms with E-state index in [0.717, 1.165) is 78.5 Å². The van der Waals surface area contributed by atoms with E-state index in [1.165, 1.54) is 0 Å². The first kappa shape index (κ1) is 48.9. The van der Waals surface area contributed by atoms with Crippen LogP contribution in [0.1, 0.15) is 46.0 Å². The fraction of sp³-hybridized carbons (Fsp3) is 0.0323. The third-order valence-corrected chi connectivity index (χ3v) is 13.0. The van der Waals surface area contributed by atoms with Crippen molar-refractivity contribution >= 4 is 57.4 Å². The average Bonchev–Trinajstić information content (AvgIpc) is 4.34. The van der Waals surface area contributed by atoms with Crippen molar-refractivity contribution < 1.29 is 17.1 Å². The van der Waals surface area contributed by atoms with E-state index < -0.39 is 12.3 Å². The molecule has 12 nitrogen and oxygen atoms in total. The molecule has 0 aliphatic carbocycles. The van der Waals surface area contributed by atoms with Crippen molar-refractivity contribution in [3.63, 3.8) is 0 Å². The van der Waals surface area contributed by atoms with Gasteiger partial charge in [-0.25, -0.2) is 9.98 Å². The molecule has 8 heterocycles. The van der Waals surface area contributed by atoms with Gasteiger partial charge in [0.15, 0.2) is 11.7 Å². The first-order valence-corrected chi connectivity index (χ1v) is 25.0. The Morgan fingerprint density at radius 2 is 0.605 bits per heavy atom. The minimum absolute atomic E-state index is 0. The minimum atomic E-state index is -0.740. The number of fused-ring (bicyclic) bond motifs is 9. The Hall–Kier alpha value is -9.30. The number of aromatic nitrogens is 5. The van der Waals surface area contributed by atoms with Crippen molar-refractivity contribution in [2.75, 3.05) is 0 Å². The Bertz CT molecular complexity index is 3630. The van der Waals surface area contributed by atoms with Crippen molar-refractivity contribution in [3.8, 4) is 22.3 Å². The minimum Gasteiger partial charge on any atom is -0.608 e. The molecule has 0 spiro atoms. The molecule has 76 heavy (non-hydrogen) atoms. The summed E-state index contributed by atoms with van der Waals surface area (Å²) in [4.78, 5) is 45.2. The van der Waals surface area contributed by atoms with Gasteiger partial charge >= 0.3 is 17.1 Å². The molecule has 0 fully saturated rings. The second kappa shape index (κ2) is 22.9. The van der Waals surface area contributed by atoms with Crippen LogP contribution in [0.2, 0.25) is 0 Å². The number of rotatable bonds is 6. The molecule has 2 atom stereocenters. The first-order valence-electron chi connectivity index (χ1n) is 24.3. The molecule has 0 saturated carbocycles. The molecule has 8 bridgehead atoms. The van der Waals surface area contributed by atoms with Crippen LogP contribution in [0.5, 0.6) is 0 Å². The summed E-state index contributed by atoms with van der Waals surface area (Å²) in [5.74, 6) is 1.89. The molecule has 10 aromatic rings. The van der Waals surface area contributed by atoms with Crippen LogP contribution in [0.4, 0.5) is 0 Å². The summed E-state index contributed by atoms with van der Waals surface area (Å²) in [5, 5.41) is 5.20. The van der Waals surface area contributed by atoms with Gasteiger partial charge in [-0.05, 0) is 57.6 Å². The summed E-state index contributed by atoms with van der Waals surface area (Å²) >= 11 is 1.13. The molecular weight excluding hydrogens is 1000 g/mol. The van der Waals surface area contributed by atoms with Crippen molar-refractivity contribution in [2.45, 2.75) is 12.3 Å². The van der Waals surface area contributed by atoms with Crippen LogP contribution >= 0.6 is 11.7 Å². The molecule has 2 unspecified atom stereocenters. The zero-order chi connectivity index (χ0) is 50.2. The van der Waals surface area contributed by atoms with Crippen LogP contribution in [0, 0.1) is 0 Å². The normalized spacial score (nSPS) is 17.3. The van der Waals surface area contributed by atoms with Crippen LogP contribution in [0.3, 0.4) is 0 Å². The van der Waals surface area contributed by atoms with Crippen LogP contribution in [0.15, 0.2) is 273 Å². The molecule has 14 rings (SSSR count). The third-order valence-electron chi connectivity index (χ3n) is 12.5. The number of aliphatic imine (C=N–C) groups is 4. The van der Waals surface area contributed by atoms with Gasteiger partial charge in [-0.15, -0.1) is 0 Å². The van der Waals surface area contributed by atoms with E-state index in [0.29, 0.717) is 45.7 Å². The van der Waals surface area contributed by atoms with E-state index in [1.807, 2.05) is 146 Å². The van der Waals surface area contributed by atoms with E-state index in [4.69, 9.17) is 49.0 Å². The Labute approximate surface area is 453 Å². The molecule has 14 heteroatoms. The third kappa shape index (κ3) is 10.2. The smallest absolute Gasteiger partial charge is 0.608 e. The summed E-state index contributed by atoms with van der Waals surface area (Å²) in [6.45, 7) is 0. The van der Waals surface area contributed by atoms with Gasteiger partial charge in [0.1, 0.15) is 0 Å². The fourth-order valence-electron chi connectivity index (χ4n) is 9.17. The largest absolute Gasteiger partial charge is 2.00 e. The number of amidine groups is 4. The Morgan fingerprint density at radius 1 is 0.316 bits per heavy atom. The van der Waals surface area contributed by atoms with Crippen LogP contribution in [0.25, 0.3) is 49.9 Å². The van der Waals surface area contributed by atoms with Gasteiger partial charge in [0, 0.05) is 81.5 Å². The maximum atomic E-state index is 5.48. The van der Waals surface area contributed by atoms with Gasteiger partial charge in [-0.3, -0.25) is 20.0 Å². The van der Waals surface area contributed by atoms with Crippen molar-refractivity contribution in [1.29, 1.82) is 0 Å². The summed E-state index contributed by atoms with van der Waals surface area (Å²) in [6.07, 6.45) is 5.52. The Kier molecular flexibility index (Phi) is 14.7. The van der Waals surface area contributed by atoms with Crippen LogP contribution < -0.4 is 16.0 Å². The van der Waals surface area contributed by atoms with E-state index in [1.54, 1.807) is 24.8 Å². The predicted octanol–water partition coefficient (Wildman–Crippen LogP) is 12.2. The topological polar surface area (TPSA) is 154 Å². The zero-order valence-corrected chi connectivity index (χ0v) is 42.3. The van der Waals surface area contributed by atoms with E-state index in [-0.39, 0.29) is 17.1 Å². The Morgan fingerprint density at radius 3 is 0.895 bits per heavy atom. The molecule has 4 aliphatic rings. The number of benzene rings is 6. The molecular formula is C62H42FeN12S. The van der Waals surface area contributed by atoms with Gasteiger partial charge in [-0.1, -0.05) is 194 Å². The second-order valence-electron chi connectivity index (χ2n) is 17.2. The fourth-order valence-corrected chi connectivity index (χ4v) is 9.76. The maximum Gasteiger partial charge on any atom is 2.00 e. The SMILES string of the molecule is [Fe+2].c1ccc(C2=C(c3ccccc3)/C3=N/C4[N-]C(/N=C5\N=C(N=c6[n-]c(c(-c7ccccc7)c6-c6ccccc6)=NC2=N3)C(c2ccccc2)=C5c2ccccc2)c2nsnc24)cc1.c1ccncc1.c1ccncc1. The summed E-state index contributed by atoms with van der Waals surface area (Å²) in [5.41, 5.74) is 12.7.